The Kier molecular flexibility index (Phi) is 3.42. The summed E-state index contributed by atoms with van der Waals surface area (Å²) in [5.74, 6) is -0.929. The van der Waals surface area contributed by atoms with Crippen LogP contribution >= 0.6 is 11.8 Å². The van der Waals surface area contributed by atoms with Crippen LogP contribution in [0.5, 0.6) is 0 Å². The lowest BCUT2D eigenvalue weighted by Crippen LogP contribution is -2.10. The molecule has 2 rings (SSSR count). The number of nitrogens with one attached hydrogen (secondary N) is 2. The first-order valence-electron chi connectivity index (χ1n) is 4.92. The lowest BCUT2D eigenvalue weighted by atomic mass is 10.2. The Morgan fingerprint density at radius 1 is 1.50 bits per heavy atom. The number of thioether (sulfide) groups is 1. The molecular formula is C11H9FN4OS. The quantitative estimate of drug-likeness (QED) is 0.572. The number of carbonyl (C=O) groups is 1. The highest BCUT2D eigenvalue weighted by molar-refractivity contribution is 8.24. The molecule has 0 unspecified atom stereocenters. The number of hydrogen-bond donors (Lipinski definition) is 3. The van der Waals surface area contributed by atoms with Gasteiger partial charge in [0.25, 0.3) is 5.91 Å². The molecule has 5 nitrogen and oxygen atoms in total. The Morgan fingerprint density at radius 2 is 2.28 bits per heavy atom. The maximum Gasteiger partial charge on any atom is 0.295 e. The molecule has 0 atom stereocenters. The second-order valence-corrected chi connectivity index (χ2v) is 4.30. The molecule has 0 saturated carbocycles. The van der Waals surface area contributed by atoms with Crippen molar-refractivity contribution >= 4 is 39.3 Å². The predicted molar refractivity (Wildman–Crippen MR) is 70.6 cm³/mol. The van der Waals surface area contributed by atoms with E-state index in [-0.39, 0.29) is 16.7 Å². The summed E-state index contributed by atoms with van der Waals surface area (Å²) in [4.78, 5) is 18.1. The third-order valence-corrected chi connectivity index (χ3v) is 2.66. The van der Waals surface area contributed by atoms with Gasteiger partial charge in [-0.1, -0.05) is 0 Å². The summed E-state index contributed by atoms with van der Waals surface area (Å²) in [6, 6.07) is 5.67. The standard InChI is InChI=1S/C11H9FN4OS/c12-7-1-2-8-6(3-7)4-9(15-8)10(17)16-11(14)18-5-13/h1-5,13,15H,(H2,14,16,17). The van der Waals surface area contributed by atoms with Crippen LogP contribution in [0.25, 0.3) is 10.9 Å². The monoisotopic (exact) mass is 264 g/mol. The van der Waals surface area contributed by atoms with E-state index in [4.69, 9.17) is 11.1 Å². The summed E-state index contributed by atoms with van der Waals surface area (Å²) in [6.07, 6.45) is 0. The van der Waals surface area contributed by atoms with Crippen molar-refractivity contribution in [1.29, 1.82) is 5.41 Å². The van der Waals surface area contributed by atoms with Crippen molar-refractivity contribution in [2.75, 3.05) is 0 Å². The van der Waals surface area contributed by atoms with Gasteiger partial charge >= 0.3 is 0 Å². The average molecular weight is 264 g/mol. The van der Waals surface area contributed by atoms with Crippen molar-refractivity contribution in [3.8, 4) is 0 Å². The van der Waals surface area contributed by atoms with E-state index >= 15 is 0 Å². The summed E-state index contributed by atoms with van der Waals surface area (Å²) in [6.45, 7) is 0. The molecular weight excluding hydrogens is 255 g/mol. The van der Waals surface area contributed by atoms with Gasteiger partial charge in [0.05, 0.1) is 5.55 Å². The lowest BCUT2D eigenvalue weighted by molar-refractivity contribution is 0.0999. The first kappa shape index (κ1) is 12.3. The minimum absolute atomic E-state index is 0.0140. The van der Waals surface area contributed by atoms with Gasteiger partial charge in [-0.25, -0.2) is 4.39 Å². The fourth-order valence-electron chi connectivity index (χ4n) is 1.47. The molecule has 0 saturated heterocycles. The summed E-state index contributed by atoms with van der Waals surface area (Å²) < 4.78 is 13.0. The van der Waals surface area contributed by atoms with Crippen LogP contribution in [-0.2, 0) is 0 Å². The van der Waals surface area contributed by atoms with Gasteiger partial charge < -0.3 is 16.1 Å². The molecule has 0 bridgehead atoms. The number of aromatic amines is 1. The summed E-state index contributed by atoms with van der Waals surface area (Å²) in [5, 5.41) is 7.39. The second kappa shape index (κ2) is 5.01. The fraction of sp³-hybridized carbons (Fsp3) is 0. The van der Waals surface area contributed by atoms with E-state index in [1.165, 1.54) is 18.2 Å². The van der Waals surface area contributed by atoms with E-state index in [0.29, 0.717) is 10.9 Å². The van der Waals surface area contributed by atoms with Gasteiger partial charge in [-0.05, 0) is 36.0 Å². The molecule has 92 valence electrons. The number of aromatic nitrogens is 1. The first-order valence-corrected chi connectivity index (χ1v) is 5.80. The highest BCUT2D eigenvalue weighted by Gasteiger charge is 2.09. The van der Waals surface area contributed by atoms with Crippen LogP contribution in [0.2, 0.25) is 0 Å². The summed E-state index contributed by atoms with van der Waals surface area (Å²) in [7, 11) is 0. The molecule has 4 N–H and O–H groups in total. The Hall–Kier alpha value is -2.15. The minimum atomic E-state index is -0.557. The van der Waals surface area contributed by atoms with Crippen LogP contribution in [0.1, 0.15) is 10.5 Å². The summed E-state index contributed by atoms with van der Waals surface area (Å²) >= 11 is 0.838. The first-order chi connectivity index (χ1) is 8.60. The number of benzene rings is 1. The number of aliphatic imine (C=N–C) groups is 1. The Labute approximate surface area is 106 Å². The van der Waals surface area contributed by atoms with Crippen LogP contribution < -0.4 is 5.73 Å². The van der Waals surface area contributed by atoms with Crippen LogP contribution in [0.15, 0.2) is 29.3 Å². The predicted octanol–water partition coefficient (Wildman–Crippen LogP) is 2.10. The third kappa shape index (κ3) is 2.57. The minimum Gasteiger partial charge on any atom is -0.378 e. The van der Waals surface area contributed by atoms with Crippen molar-refractivity contribution in [1.82, 2.24) is 4.98 Å². The van der Waals surface area contributed by atoms with E-state index in [2.05, 4.69) is 9.98 Å². The van der Waals surface area contributed by atoms with E-state index < -0.39 is 5.91 Å². The van der Waals surface area contributed by atoms with Gasteiger partial charge in [0.15, 0.2) is 5.17 Å². The van der Waals surface area contributed by atoms with Gasteiger partial charge in [-0.2, -0.15) is 4.99 Å². The molecule has 1 heterocycles. The van der Waals surface area contributed by atoms with Crippen LogP contribution in [-0.4, -0.2) is 21.6 Å². The molecule has 0 aliphatic rings. The average Bonchev–Trinajstić information content (AvgIpc) is 2.72. The largest absolute Gasteiger partial charge is 0.378 e. The van der Waals surface area contributed by atoms with E-state index in [9.17, 15) is 9.18 Å². The zero-order valence-electron chi connectivity index (χ0n) is 9.11. The highest BCUT2D eigenvalue weighted by Crippen LogP contribution is 2.17. The lowest BCUT2D eigenvalue weighted by Gasteiger charge is -1.92. The van der Waals surface area contributed by atoms with Gasteiger partial charge in [0.2, 0.25) is 0 Å². The molecule has 1 aromatic heterocycles. The fourth-order valence-corrected chi connectivity index (χ4v) is 1.72. The molecule has 2 aromatic rings. The Balaban J connectivity index is 2.34. The zero-order valence-corrected chi connectivity index (χ0v) is 9.92. The van der Waals surface area contributed by atoms with Crippen molar-refractivity contribution in [2.24, 2.45) is 10.7 Å². The number of carbonyl (C=O) groups excluding carboxylic acids is 1. The number of H-pyrrole nitrogens is 1. The number of nitrogens with two attached hydrogens (primary N) is 1. The number of fused-ring (bicyclic) bond motifs is 1. The molecule has 0 radical (unpaired) electrons. The number of nitrogens with zero attached hydrogens (tertiary/aromatic N) is 1. The highest BCUT2D eigenvalue weighted by atomic mass is 32.2. The van der Waals surface area contributed by atoms with Crippen LogP contribution in [0, 0.1) is 11.2 Å². The van der Waals surface area contributed by atoms with Gasteiger partial charge in [0.1, 0.15) is 11.5 Å². The van der Waals surface area contributed by atoms with E-state index in [1.54, 1.807) is 6.07 Å². The van der Waals surface area contributed by atoms with Crippen molar-refractivity contribution in [3.05, 3.63) is 35.8 Å². The Bertz CT molecular complexity index is 650. The number of amidine groups is 1. The molecule has 0 aliphatic carbocycles. The number of halogens is 1. The van der Waals surface area contributed by atoms with Gasteiger partial charge in [0, 0.05) is 10.9 Å². The zero-order chi connectivity index (χ0) is 13.1. The molecule has 1 aromatic carbocycles. The molecule has 7 heteroatoms. The molecule has 0 fully saturated rings. The number of rotatable bonds is 2. The van der Waals surface area contributed by atoms with E-state index in [0.717, 1.165) is 17.3 Å². The molecule has 1 amide bonds. The van der Waals surface area contributed by atoms with Gasteiger partial charge in [-0.3, -0.25) is 4.79 Å². The number of amides is 1. The topological polar surface area (TPSA) is 95.1 Å². The third-order valence-electron chi connectivity index (χ3n) is 2.20. The second-order valence-electron chi connectivity index (χ2n) is 3.41. The molecule has 0 aliphatic heterocycles. The maximum atomic E-state index is 13.0. The number of hydrogen-bond acceptors (Lipinski definition) is 3. The summed E-state index contributed by atoms with van der Waals surface area (Å²) in [5.41, 5.74) is 7.26. The van der Waals surface area contributed by atoms with Crippen molar-refractivity contribution in [3.63, 3.8) is 0 Å². The van der Waals surface area contributed by atoms with Crippen LogP contribution in [0.4, 0.5) is 4.39 Å². The smallest absolute Gasteiger partial charge is 0.295 e. The SMILES string of the molecule is N=CSC(N)=NC(=O)c1cc2cc(F)ccc2[nH]1. The Morgan fingerprint density at radius 3 is 3.00 bits per heavy atom. The van der Waals surface area contributed by atoms with Crippen LogP contribution in [0.3, 0.4) is 0 Å². The van der Waals surface area contributed by atoms with E-state index in [1.807, 2.05) is 0 Å². The molecule has 0 spiro atoms. The normalized spacial score (nSPS) is 11.7. The van der Waals surface area contributed by atoms with Gasteiger partial charge in [-0.15, -0.1) is 0 Å². The molecule has 18 heavy (non-hydrogen) atoms. The van der Waals surface area contributed by atoms with Crippen molar-refractivity contribution in [2.45, 2.75) is 0 Å². The van der Waals surface area contributed by atoms with Crippen molar-refractivity contribution < 1.29 is 9.18 Å². The maximum absolute atomic E-state index is 13.0.